The lowest BCUT2D eigenvalue weighted by Gasteiger charge is -2.36. The molecule has 1 amide bonds. The van der Waals surface area contributed by atoms with Crippen LogP contribution in [0.3, 0.4) is 0 Å². The van der Waals surface area contributed by atoms with E-state index >= 15 is 0 Å². The van der Waals surface area contributed by atoms with Crippen LogP contribution in [0, 0.1) is 0 Å². The highest BCUT2D eigenvalue weighted by molar-refractivity contribution is 8.18. The molecule has 0 spiro atoms. The fourth-order valence-electron chi connectivity index (χ4n) is 2.84. The molecule has 128 valence electrons. The number of benzene rings is 1. The van der Waals surface area contributed by atoms with Crippen molar-refractivity contribution in [2.75, 3.05) is 31.1 Å². The molecular formula is C18H16ClN3OS2. The maximum atomic E-state index is 12.1. The summed E-state index contributed by atoms with van der Waals surface area (Å²) in [5.74, 6) is -0.131. The van der Waals surface area contributed by atoms with Crippen LogP contribution in [-0.4, -0.2) is 42.2 Å². The number of piperazine rings is 1. The molecule has 1 fully saturated rings. The van der Waals surface area contributed by atoms with Gasteiger partial charge < -0.3 is 9.80 Å². The number of carbonyl (C=O) groups is 1. The second-order valence-electron chi connectivity index (χ2n) is 5.78. The maximum Gasteiger partial charge on any atom is 0.286 e. The molecule has 0 saturated carbocycles. The summed E-state index contributed by atoms with van der Waals surface area (Å²) in [6, 6.07) is 11.9. The number of hydrogen-bond acceptors (Lipinski definition) is 5. The molecular weight excluding hydrogens is 374 g/mol. The highest BCUT2D eigenvalue weighted by atomic mass is 35.5. The Labute approximate surface area is 159 Å². The topological polar surface area (TPSA) is 35.9 Å². The molecule has 0 aliphatic carbocycles. The molecule has 2 aromatic rings. The van der Waals surface area contributed by atoms with E-state index in [0.29, 0.717) is 4.91 Å². The molecule has 1 saturated heterocycles. The van der Waals surface area contributed by atoms with E-state index in [4.69, 9.17) is 11.6 Å². The fraction of sp³-hybridized carbons (Fsp3) is 0.222. The minimum absolute atomic E-state index is 0.131. The molecule has 2 aliphatic heterocycles. The SMILES string of the molecule is O=C1N=C(N2CCN(c3ccc(Cl)cc3)CC2)SC1=Cc1cccs1. The summed E-state index contributed by atoms with van der Waals surface area (Å²) in [5, 5.41) is 3.58. The molecule has 0 N–H and O–H groups in total. The highest BCUT2D eigenvalue weighted by Gasteiger charge is 2.28. The van der Waals surface area contributed by atoms with Gasteiger partial charge in [0.05, 0.1) is 4.91 Å². The zero-order chi connectivity index (χ0) is 17.2. The van der Waals surface area contributed by atoms with Crippen LogP contribution in [0.25, 0.3) is 6.08 Å². The van der Waals surface area contributed by atoms with Gasteiger partial charge in [-0.25, -0.2) is 0 Å². The Balaban J connectivity index is 1.39. The van der Waals surface area contributed by atoms with Crippen molar-refractivity contribution in [2.45, 2.75) is 0 Å². The second kappa shape index (κ2) is 7.23. The average molecular weight is 390 g/mol. The van der Waals surface area contributed by atoms with Crippen LogP contribution in [-0.2, 0) is 4.79 Å². The van der Waals surface area contributed by atoms with Crippen molar-refractivity contribution in [1.82, 2.24) is 4.90 Å². The Kier molecular flexibility index (Phi) is 4.83. The van der Waals surface area contributed by atoms with Crippen molar-refractivity contribution < 1.29 is 4.79 Å². The number of carbonyl (C=O) groups excluding carboxylic acids is 1. The molecule has 4 nitrogen and oxygen atoms in total. The summed E-state index contributed by atoms with van der Waals surface area (Å²) in [5.41, 5.74) is 1.18. The number of thioether (sulfide) groups is 1. The van der Waals surface area contributed by atoms with Gasteiger partial charge in [-0.2, -0.15) is 4.99 Å². The van der Waals surface area contributed by atoms with Gasteiger partial charge in [0.15, 0.2) is 5.17 Å². The smallest absolute Gasteiger partial charge is 0.286 e. The van der Waals surface area contributed by atoms with E-state index in [0.717, 1.165) is 41.2 Å². The Morgan fingerprint density at radius 1 is 1.04 bits per heavy atom. The average Bonchev–Trinajstić information content (AvgIpc) is 3.27. The van der Waals surface area contributed by atoms with E-state index in [-0.39, 0.29) is 5.91 Å². The van der Waals surface area contributed by atoms with Crippen molar-refractivity contribution in [2.24, 2.45) is 4.99 Å². The number of anilines is 1. The summed E-state index contributed by atoms with van der Waals surface area (Å²) in [6.45, 7) is 3.51. The highest BCUT2D eigenvalue weighted by Crippen LogP contribution is 2.31. The number of thiophene rings is 1. The van der Waals surface area contributed by atoms with Crippen LogP contribution in [0.2, 0.25) is 5.02 Å². The molecule has 4 rings (SSSR count). The standard InChI is InChI=1S/C18H16ClN3OS2/c19-13-3-5-14(6-4-13)21-7-9-22(10-8-21)18-20-17(23)16(25-18)12-15-2-1-11-24-15/h1-6,11-12H,7-10H2. The zero-order valence-corrected chi connectivity index (χ0v) is 15.8. The zero-order valence-electron chi connectivity index (χ0n) is 13.4. The minimum Gasteiger partial charge on any atom is -0.368 e. The van der Waals surface area contributed by atoms with E-state index in [1.54, 1.807) is 11.3 Å². The lowest BCUT2D eigenvalue weighted by molar-refractivity contribution is -0.113. The van der Waals surface area contributed by atoms with Gasteiger partial charge in [0.25, 0.3) is 5.91 Å². The number of aliphatic imine (C=N–C) groups is 1. The predicted octanol–water partition coefficient (Wildman–Crippen LogP) is 4.19. The minimum atomic E-state index is -0.131. The number of amides is 1. The third kappa shape index (κ3) is 3.76. The Morgan fingerprint density at radius 3 is 2.44 bits per heavy atom. The molecule has 1 aromatic heterocycles. The Hall–Kier alpha value is -1.76. The number of rotatable bonds is 2. The molecule has 0 bridgehead atoms. The van der Waals surface area contributed by atoms with Crippen molar-refractivity contribution >= 4 is 57.5 Å². The van der Waals surface area contributed by atoms with Gasteiger partial charge in [-0.15, -0.1) is 11.3 Å². The van der Waals surface area contributed by atoms with Gasteiger partial charge in [-0.1, -0.05) is 17.7 Å². The lowest BCUT2D eigenvalue weighted by atomic mass is 10.2. The normalized spacial score (nSPS) is 19.6. The van der Waals surface area contributed by atoms with Crippen molar-refractivity contribution in [3.05, 3.63) is 56.6 Å². The fourth-order valence-corrected chi connectivity index (χ4v) is 4.66. The van der Waals surface area contributed by atoms with Crippen LogP contribution < -0.4 is 4.90 Å². The second-order valence-corrected chi connectivity index (χ2v) is 8.20. The number of halogens is 1. The third-order valence-electron chi connectivity index (χ3n) is 4.17. The van der Waals surface area contributed by atoms with Crippen LogP contribution in [0.15, 0.2) is 51.7 Å². The summed E-state index contributed by atoms with van der Waals surface area (Å²) in [6.07, 6.45) is 1.93. The first-order chi connectivity index (χ1) is 12.2. The van der Waals surface area contributed by atoms with Gasteiger partial charge in [-0.3, -0.25) is 4.79 Å². The van der Waals surface area contributed by atoms with Gasteiger partial charge in [0.2, 0.25) is 0 Å². The molecule has 3 heterocycles. The molecule has 2 aliphatic rings. The van der Waals surface area contributed by atoms with Crippen LogP contribution in [0.4, 0.5) is 5.69 Å². The van der Waals surface area contributed by atoms with Gasteiger partial charge >= 0.3 is 0 Å². The first-order valence-electron chi connectivity index (χ1n) is 8.00. The molecule has 1 aromatic carbocycles. The third-order valence-corrected chi connectivity index (χ3v) is 6.28. The van der Waals surface area contributed by atoms with Crippen molar-refractivity contribution in [1.29, 1.82) is 0 Å². The monoisotopic (exact) mass is 389 g/mol. The van der Waals surface area contributed by atoms with E-state index in [9.17, 15) is 4.79 Å². The first kappa shape index (κ1) is 16.7. The van der Waals surface area contributed by atoms with Gasteiger partial charge in [0, 0.05) is 41.8 Å². The number of hydrogen-bond donors (Lipinski definition) is 0. The Bertz CT molecular complexity index is 823. The molecule has 0 atom stereocenters. The van der Waals surface area contributed by atoms with E-state index in [2.05, 4.69) is 14.8 Å². The molecule has 0 radical (unpaired) electrons. The molecule has 7 heteroatoms. The van der Waals surface area contributed by atoms with Crippen LogP contribution in [0.1, 0.15) is 4.88 Å². The predicted molar refractivity (Wildman–Crippen MR) is 108 cm³/mol. The lowest BCUT2D eigenvalue weighted by Crippen LogP contribution is -2.47. The largest absolute Gasteiger partial charge is 0.368 e. The Morgan fingerprint density at radius 2 is 1.76 bits per heavy atom. The molecule has 0 unspecified atom stereocenters. The summed E-state index contributed by atoms with van der Waals surface area (Å²) in [7, 11) is 0. The maximum absolute atomic E-state index is 12.1. The van der Waals surface area contributed by atoms with Crippen LogP contribution in [0.5, 0.6) is 0 Å². The number of amidine groups is 1. The van der Waals surface area contributed by atoms with Crippen LogP contribution >= 0.6 is 34.7 Å². The van der Waals surface area contributed by atoms with Crippen molar-refractivity contribution in [3.8, 4) is 0 Å². The first-order valence-corrected chi connectivity index (χ1v) is 10.1. The van der Waals surface area contributed by atoms with Crippen molar-refractivity contribution in [3.63, 3.8) is 0 Å². The quantitative estimate of drug-likeness (QED) is 0.721. The number of nitrogens with zero attached hydrogens (tertiary/aromatic N) is 3. The summed E-state index contributed by atoms with van der Waals surface area (Å²) in [4.78, 5) is 22.7. The van der Waals surface area contributed by atoms with Gasteiger partial charge in [0.1, 0.15) is 0 Å². The summed E-state index contributed by atoms with van der Waals surface area (Å²) < 4.78 is 0. The van der Waals surface area contributed by atoms with E-state index in [1.807, 2.05) is 47.9 Å². The van der Waals surface area contributed by atoms with E-state index < -0.39 is 0 Å². The summed E-state index contributed by atoms with van der Waals surface area (Å²) >= 11 is 9.06. The van der Waals surface area contributed by atoms with E-state index in [1.165, 1.54) is 17.4 Å². The molecule has 25 heavy (non-hydrogen) atoms. The van der Waals surface area contributed by atoms with Gasteiger partial charge in [-0.05, 0) is 53.5 Å².